The Kier molecular flexibility index (Phi) is 10.1. The van der Waals surface area contributed by atoms with Crippen LogP contribution in [0.15, 0.2) is 24.3 Å². The van der Waals surface area contributed by atoms with Gasteiger partial charge in [0.2, 0.25) is 0 Å². The van der Waals surface area contributed by atoms with E-state index in [4.69, 9.17) is 15.3 Å². The summed E-state index contributed by atoms with van der Waals surface area (Å²) >= 11 is 0. The highest BCUT2D eigenvalue weighted by Gasteiger charge is 2.14. The highest BCUT2D eigenvalue weighted by atomic mass is 16.4. The van der Waals surface area contributed by atoms with Crippen LogP contribution in [0, 0.1) is 0 Å². The SMILES string of the molecule is CCN(CCC(=O)O)Cc1ccccc1CN(CCC(=O)O)CCC(=O)O. The van der Waals surface area contributed by atoms with E-state index < -0.39 is 17.9 Å². The zero-order chi connectivity index (χ0) is 20.2. The van der Waals surface area contributed by atoms with Crippen LogP contribution in [-0.2, 0) is 27.5 Å². The van der Waals surface area contributed by atoms with E-state index in [9.17, 15) is 14.4 Å². The van der Waals surface area contributed by atoms with Gasteiger partial charge in [-0.3, -0.25) is 24.2 Å². The summed E-state index contributed by atoms with van der Waals surface area (Å²) in [7, 11) is 0. The summed E-state index contributed by atoms with van der Waals surface area (Å²) in [6, 6.07) is 7.70. The largest absolute Gasteiger partial charge is 0.481 e. The van der Waals surface area contributed by atoms with Gasteiger partial charge in [-0.15, -0.1) is 0 Å². The number of carboxylic acids is 3. The first-order valence-corrected chi connectivity index (χ1v) is 8.98. The number of carbonyl (C=O) groups is 3. The van der Waals surface area contributed by atoms with E-state index >= 15 is 0 Å². The number of aliphatic carboxylic acids is 3. The molecule has 0 atom stereocenters. The predicted octanol–water partition coefficient (Wildman–Crippen LogP) is 1.73. The van der Waals surface area contributed by atoms with Crippen molar-refractivity contribution in [3.05, 3.63) is 35.4 Å². The minimum Gasteiger partial charge on any atom is -0.481 e. The van der Waals surface area contributed by atoms with Gasteiger partial charge in [0.1, 0.15) is 0 Å². The molecule has 0 aliphatic rings. The van der Waals surface area contributed by atoms with Crippen LogP contribution in [0.1, 0.15) is 37.3 Å². The van der Waals surface area contributed by atoms with Crippen molar-refractivity contribution in [3.8, 4) is 0 Å². The molecule has 8 nitrogen and oxygen atoms in total. The van der Waals surface area contributed by atoms with Gasteiger partial charge in [-0.2, -0.15) is 0 Å². The normalized spacial score (nSPS) is 11.1. The van der Waals surface area contributed by atoms with Crippen LogP contribution in [0.5, 0.6) is 0 Å². The molecular formula is C19H28N2O6. The molecule has 0 aliphatic heterocycles. The molecule has 0 radical (unpaired) electrons. The Labute approximate surface area is 159 Å². The first kappa shape index (κ1) is 22.6. The molecule has 0 saturated heterocycles. The zero-order valence-corrected chi connectivity index (χ0v) is 15.6. The number of hydrogen-bond acceptors (Lipinski definition) is 5. The van der Waals surface area contributed by atoms with Crippen molar-refractivity contribution in [2.75, 3.05) is 26.2 Å². The lowest BCUT2D eigenvalue weighted by Crippen LogP contribution is -2.30. The Morgan fingerprint density at radius 3 is 1.48 bits per heavy atom. The van der Waals surface area contributed by atoms with Gasteiger partial charge < -0.3 is 15.3 Å². The summed E-state index contributed by atoms with van der Waals surface area (Å²) in [6.45, 7) is 4.71. The predicted molar refractivity (Wildman–Crippen MR) is 99.4 cm³/mol. The number of benzene rings is 1. The average Bonchev–Trinajstić information content (AvgIpc) is 2.61. The second kappa shape index (κ2) is 12.0. The van der Waals surface area contributed by atoms with Crippen molar-refractivity contribution >= 4 is 17.9 Å². The molecule has 0 unspecified atom stereocenters. The summed E-state index contributed by atoms with van der Waals surface area (Å²) in [5.41, 5.74) is 2.02. The van der Waals surface area contributed by atoms with Gasteiger partial charge in [-0.25, -0.2) is 0 Å². The Balaban J connectivity index is 2.84. The standard InChI is InChI=1S/C19H28N2O6/c1-2-20(10-7-17(22)23)13-15-5-3-4-6-16(15)14-21(11-8-18(24)25)12-9-19(26)27/h3-6H,2,7-14H2,1H3,(H,22,23)(H,24,25)(H,26,27). The number of nitrogens with zero attached hydrogens (tertiary/aromatic N) is 2. The fourth-order valence-corrected chi connectivity index (χ4v) is 2.73. The van der Waals surface area contributed by atoms with Crippen molar-refractivity contribution in [3.63, 3.8) is 0 Å². The van der Waals surface area contributed by atoms with E-state index in [1.54, 1.807) is 0 Å². The number of hydrogen-bond donors (Lipinski definition) is 3. The van der Waals surface area contributed by atoms with Crippen molar-refractivity contribution < 1.29 is 29.7 Å². The Morgan fingerprint density at radius 1 is 0.741 bits per heavy atom. The van der Waals surface area contributed by atoms with Crippen LogP contribution in [0.25, 0.3) is 0 Å². The van der Waals surface area contributed by atoms with E-state index in [1.165, 1.54) is 0 Å². The van der Waals surface area contributed by atoms with Crippen LogP contribution >= 0.6 is 0 Å². The van der Waals surface area contributed by atoms with Crippen molar-refractivity contribution in [1.82, 2.24) is 9.80 Å². The maximum absolute atomic E-state index is 10.9. The smallest absolute Gasteiger partial charge is 0.304 e. The second-order valence-corrected chi connectivity index (χ2v) is 6.34. The second-order valence-electron chi connectivity index (χ2n) is 6.34. The quantitative estimate of drug-likeness (QED) is 0.447. The summed E-state index contributed by atoms with van der Waals surface area (Å²) in [6.07, 6.45) is -0.0394. The first-order chi connectivity index (χ1) is 12.8. The highest BCUT2D eigenvalue weighted by molar-refractivity contribution is 5.67. The lowest BCUT2D eigenvalue weighted by atomic mass is 10.1. The lowest BCUT2D eigenvalue weighted by Gasteiger charge is -2.25. The van der Waals surface area contributed by atoms with E-state index in [1.807, 2.05) is 41.0 Å². The molecular weight excluding hydrogens is 352 g/mol. The van der Waals surface area contributed by atoms with Crippen molar-refractivity contribution in [1.29, 1.82) is 0 Å². The van der Waals surface area contributed by atoms with Gasteiger partial charge in [0.15, 0.2) is 0 Å². The van der Waals surface area contributed by atoms with Crippen LogP contribution in [0.3, 0.4) is 0 Å². The minimum absolute atomic E-state index is 0.0541. The fourth-order valence-electron chi connectivity index (χ4n) is 2.73. The third-order valence-electron chi connectivity index (χ3n) is 4.28. The molecule has 0 amide bonds. The molecule has 1 aromatic carbocycles. The first-order valence-electron chi connectivity index (χ1n) is 8.98. The van der Waals surface area contributed by atoms with Crippen LogP contribution in [0.2, 0.25) is 0 Å². The van der Waals surface area contributed by atoms with E-state index in [2.05, 4.69) is 0 Å². The van der Waals surface area contributed by atoms with Gasteiger partial charge in [0.05, 0.1) is 19.3 Å². The molecule has 0 fully saturated rings. The Morgan fingerprint density at radius 2 is 1.11 bits per heavy atom. The maximum atomic E-state index is 10.9. The molecule has 1 rings (SSSR count). The molecule has 0 saturated carbocycles. The minimum atomic E-state index is -0.922. The van der Waals surface area contributed by atoms with Gasteiger partial charge in [-0.1, -0.05) is 31.2 Å². The molecule has 0 heterocycles. The molecule has 3 N–H and O–H groups in total. The highest BCUT2D eigenvalue weighted by Crippen LogP contribution is 2.15. The third-order valence-corrected chi connectivity index (χ3v) is 4.28. The molecule has 8 heteroatoms. The Hall–Kier alpha value is -2.45. The Bertz CT molecular complexity index is 616. The maximum Gasteiger partial charge on any atom is 0.304 e. The number of rotatable bonds is 14. The van der Waals surface area contributed by atoms with Crippen LogP contribution in [0.4, 0.5) is 0 Å². The molecule has 0 spiro atoms. The topological polar surface area (TPSA) is 118 Å². The van der Waals surface area contributed by atoms with Gasteiger partial charge in [0.25, 0.3) is 0 Å². The third kappa shape index (κ3) is 9.72. The van der Waals surface area contributed by atoms with Crippen LogP contribution in [-0.4, -0.2) is 69.2 Å². The summed E-state index contributed by atoms with van der Waals surface area (Å²) in [4.78, 5) is 36.4. The van der Waals surface area contributed by atoms with Gasteiger partial charge in [-0.05, 0) is 17.7 Å². The summed E-state index contributed by atoms with van der Waals surface area (Å²) < 4.78 is 0. The van der Waals surface area contributed by atoms with Gasteiger partial charge in [0, 0.05) is 32.7 Å². The van der Waals surface area contributed by atoms with E-state index in [-0.39, 0.29) is 32.4 Å². The van der Waals surface area contributed by atoms with Crippen LogP contribution < -0.4 is 0 Å². The van der Waals surface area contributed by atoms with Gasteiger partial charge >= 0.3 is 17.9 Å². The van der Waals surface area contributed by atoms with E-state index in [0.717, 1.165) is 11.1 Å². The monoisotopic (exact) mass is 380 g/mol. The van der Waals surface area contributed by atoms with E-state index in [0.29, 0.717) is 26.2 Å². The molecule has 1 aromatic rings. The molecule has 0 bridgehead atoms. The fraction of sp³-hybridized carbons (Fsp3) is 0.526. The molecule has 27 heavy (non-hydrogen) atoms. The lowest BCUT2D eigenvalue weighted by molar-refractivity contribution is -0.138. The average molecular weight is 380 g/mol. The zero-order valence-electron chi connectivity index (χ0n) is 15.6. The molecule has 0 aliphatic carbocycles. The summed E-state index contributed by atoms with van der Waals surface area (Å²) in [5.74, 6) is -2.68. The summed E-state index contributed by atoms with van der Waals surface area (Å²) in [5, 5.41) is 26.7. The molecule has 150 valence electrons. The molecule has 0 aromatic heterocycles. The number of carboxylic acid groups (broad SMARTS) is 3. The van der Waals surface area contributed by atoms with Crippen molar-refractivity contribution in [2.24, 2.45) is 0 Å². The van der Waals surface area contributed by atoms with Crippen molar-refractivity contribution in [2.45, 2.75) is 39.3 Å².